The molecule has 0 aliphatic carbocycles. The summed E-state index contributed by atoms with van der Waals surface area (Å²) in [6, 6.07) is 5.91. The molecule has 10 N–H and O–H groups in total. The average Bonchev–Trinajstić information content (AvgIpc) is 2.78. The fraction of sp³-hybridized carbons (Fsp3) is 0.545. The van der Waals surface area contributed by atoms with Gasteiger partial charge in [-0.05, 0) is 57.1 Å². The third kappa shape index (κ3) is 11.9. The summed E-state index contributed by atoms with van der Waals surface area (Å²) in [6.45, 7) is 0.626. The number of hydrogen-bond donors (Lipinski definition) is 7. The predicted octanol–water partition coefficient (Wildman–Crippen LogP) is -0.422. The second-order valence-electron chi connectivity index (χ2n) is 7.81. The van der Waals surface area contributed by atoms with Crippen LogP contribution < -0.4 is 33.2 Å². The van der Waals surface area contributed by atoms with Crippen molar-refractivity contribution >= 4 is 23.8 Å². The van der Waals surface area contributed by atoms with Crippen molar-refractivity contribution in [2.24, 2.45) is 17.2 Å². The third-order valence-corrected chi connectivity index (χ3v) is 5.09. The van der Waals surface area contributed by atoms with Gasteiger partial charge in [0.2, 0.25) is 11.8 Å². The molecule has 0 aromatic heterocycles. The van der Waals surface area contributed by atoms with Crippen molar-refractivity contribution in [3.63, 3.8) is 0 Å². The second kappa shape index (κ2) is 15.6. The summed E-state index contributed by atoms with van der Waals surface area (Å²) in [6.07, 6.45) is 2.87. The Morgan fingerprint density at radius 3 is 2.12 bits per heavy atom. The lowest BCUT2D eigenvalue weighted by Gasteiger charge is -2.23. The van der Waals surface area contributed by atoms with Crippen molar-refractivity contribution in [3.8, 4) is 0 Å². The molecule has 11 nitrogen and oxygen atoms in total. The highest BCUT2D eigenvalue weighted by Gasteiger charge is 2.27. The van der Waals surface area contributed by atoms with E-state index < -0.39 is 41.9 Å². The van der Waals surface area contributed by atoms with Gasteiger partial charge in [-0.15, -0.1) is 0 Å². The lowest BCUT2D eigenvalue weighted by Crippen LogP contribution is -2.54. The van der Waals surface area contributed by atoms with Crippen LogP contribution in [0.25, 0.3) is 0 Å². The lowest BCUT2D eigenvalue weighted by molar-refractivity contribution is -0.142. The van der Waals surface area contributed by atoms with Gasteiger partial charge in [-0.3, -0.25) is 9.59 Å². The number of carbonyl (C=O) groups is 4. The molecule has 1 aromatic rings. The molecule has 1 aromatic carbocycles. The molecule has 0 saturated carbocycles. The number of unbranched alkanes of at least 4 members (excludes halogenated alkanes) is 1. The number of amides is 4. The van der Waals surface area contributed by atoms with Crippen molar-refractivity contribution in [2.45, 2.75) is 63.1 Å². The molecule has 11 heteroatoms. The fourth-order valence-electron chi connectivity index (χ4n) is 3.19. The third-order valence-electron chi connectivity index (χ3n) is 5.09. The van der Waals surface area contributed by atoms with E-state index >= 15 is 0 Å². The van der Waals surface area contributed by atoms with Crippen molar-refractivity contribution in [1.82, 2.24) is 16.0 Å². The second-order valence-corrected chi connectivity index (χ2v) is 7.81. The highest BCUT2D eigenvalue weighted by Crippen LogP contribution is 2.07. The van der Waals surface area contributed by atoms with E-state index in [1.807, 2.05) is 30.3 Å². The van der Waals surface area contributed by atoms with Crippen molar-refractivity contribution in [1.29, 1.82) is 0 Å². The van der Waals surface area contributed by atoms with E-state index in [0.29, 0.717) is 38.6 Å². The normalized spacial score (nSPS) is 13.4. The van der Waals surface area contributed by atoms with Crippen LogP contribution in [-0.2, 0) is 20.8 Å². The van der Waals surface area contributed by atoms with Gasteiger partial charge >= 0.3 is 12.0 Å². The molecule has 0 saturated heterocycles. The maximum absolute atomic E-state index is 12.8. The van der Waals surface area contributed by atoms with Crippen LogP contribution in [0.2, 0.25) is 0 Å². The molecule has 33 heavy (non-hydrogen) atoms. The summed E-state index contributed by atoms with van der Waals surface area (Å²) in [5, 5.41) is 16.9. The van der Waals surface area contributed by atoms with Crippen LogP contribution in [0.15, 0.2) is 30.3 Å². The SMILES string of the molecule is NCCCC[C@H](NC(=O)[C@H](CCCNC(N)=O)NC(=O)[C@@H](N)CCc1ccccc1)C(=O)O. The molecule has 184 valence electrons. The Morgan fingerprint density at radius 2 is 1.52 bits per heavy atom. The lowest BCUT2D eigenvalue weighted by atomic mass is 10.0. The summed E-state index contributed by atoms with van der Waals surface area (Å²) in [7, 11) is 0. The first kappa shape index (κ1) is 27.9. The quantitative estimate of drug-likeness (QED) is 0.161. The Balaban J connectivity index is 2.73. The van der Waals surface area contributed by atoms with Crippen molar-refractivity contribution < 1.29 is 24.3 Å². The molecular formula is C22H36N6O5. The average molecular weight is 465 g/mol. The van der Waals surface area contributed by atoms with Gasteiger partial charge in [-0.1, -0.05) is 30.3 Å². The number of carboxylic acids is 1. The monoisotopic (exact) mass is 464 g/mol. The summed E-state index contributed by atoms with van der Waals surface area (Å²) in [5.74, 6) is -2.30. The number of hydrogen-bond acceptors (Lipinski definition) is 6. The van der Waals surface area contributed by atoms with Gasteiger partial charge in [0.25, 0.3) is 0 Å². The van der Waals surface area contributed by atoms with E-state index in [1.165, 1.54) is 0 Å². The summed E-state index contributed by atoms with van der Waals surface area (Å²) in [4.78, 5) is 47.8. The number of benzene rings is 1. The van der Waals surface area contributed by atoms with Crippen molar-refractivity contribution in [3.05, 3.63) is 35.9 Å². The molecule has 0 heterocycles. The Hall–Kier alpha value is -3.18. The zero-order valence-corrected chi connectivity index (χ0v) is 18.8. The molecule has 0 radical (unpaired) electrons. The van der Waals surface area contributed by atoms with Gasteiger partial charge < -0.3 is 38.3 Å². The van der Waals surface area contributed by atoms with Gasteiger partial charge in [0, 0.05) is 6.54 Å². The Morgan fingerprint density at radius 1 is 0.879 bits per heavy atom. The van der Waals surface area contributed by atoms with Gasteiger partial charge in [0.1, 0.15) is 12.1 Å². The number of urea groups is 1. The molecular weight excluding hydrogens is 428 g/mol. The van der Waals surface area contributed by atoms with Crippen LogP contribution in [-0.4, -0.2) is 60.1 Å². The van der Waals surface area contributed by atoms with E-state index in [9.17, 15) is 24.3 Å². The predicted molar refractivity (Wildman–Crippen MR) is 124 cm³/mol. The highest BCUT2D eigenvalue weighted by atomic mass is 16.4. The molecule has 0 bridgehead atoms. The first-order valence-corrected chi connectivity index (χ1v) is 11.1. The number of carboxylic acid groups (broad SMARTS) is 1. The highest BCUT2D eigenvalue weighted by molar-refractivity contribution is 5.91. The van der Waals surface area contributed by atoms with E-state index in [1.54, 1.807) is 0 Å². The van der Waals surface area contributed by atoms with Gasteiger partial charge in [-0.25, -0.2) is 9.59 Å². The number of rotatable bonds is 16. The molecule has 0 unspecified atom stereocenters. The summed E-state index contributed by atoms with van der Waals surface area (Å²) in [5.41, 5.74) is 17.5. The fourth-order valence-corrected chi connectivity index (χ4v) is 3.19. The minimum atomic E-state index is -1.17. The number of carbonyl (C=O) groups excluding carboxylic acids is 3. The molecule has 0 fully saturated rings. The van der Waals surface area contributed by atoms with Crippen LogP contribution >= 0.6 is 0 Å². The smallest absolute Gasteiger partial charge is 0.326 e. The van der Waals surface area contributed by atoms with Crippen LogP contribution in [0.5, 0.6) is 0 Å². The van der Waals surface area contributed by atoms with Crippen LogP contribution in [0.3, 0.4) is 0 Å². The topological polar surface area (TPSA) is 203 Å². The van der Waals surface area contributed by atoms with E-state index in [4.69, 9.17) is 17.2 Å². The number of aryl methyl sites for hydroxylation is 1. The van der Waals surface area contributed by atoms with Gasteiger partial charge in [-0.2, -0.15) is 0 Å². The number of aliphatic carboxylic acids is 1. The van der Waals surface area contributed by atoms with Crippen LogP contribution in [0, 0.1) is 0 Å². The first-order chi connectivity index (χ1) is 15.7. The van der Waals surface area contributed by atoms with Crippen LogP contribution in [0.1, 0.15) is 44.1 Å². The minimum Gasteiger partial charge on any atom is -0.480 e. The number of nitrogens with one attached hydrogen (secondary N) is 3. The molecule has 4 amide bonds. The molecule has 0 spiro atoms. The number of nitrogens with two attached hydrogens (primary N) is 3. The molecule has 0 aliphatic rings. The van der Waals surface area contributed by atoms with E-state index in [2.05, 4.69) is 16.0 Å². The Kier molecular flexibility index (Phi) is 13.2. The molecule has 0 aliphatic heterocycles. The summed E-state index contributed by atoms with van der Waals surface area (Å²) >= 11 is 0. The minimum absolute atomic E-state index is 0.165. The molecule has 1 rings (SSSR count). The van der Waals surface area contributed by atoms with Crippen molar-refractivity contribution in [2.75, 3.05) is 13.1 Å². The largest absolute Gasteiger partial charge is 0.480 e. The summed E-state index contributed by atoms with van der Waals surface area (Å²) < 4.78 is 0. The standard InChI is InChI=1S/C22H36N6O5/c23-13-5-4-9-18(21(31)32)28-20(30)17(10-6-14-26-22(25)33)27-19(29)16(24)12-11-15-7-2-1-3-8-15/h1-3,7-8,16-18H,4-6,9-14,23-24H2,(H,27,29)(H,28,30)(H,31,32)(H3,25,26,33)/t16-,17-,18-/m0/s1. The first-order valence-electron chi connectivity index (χ1n) is 11.1. The zero-order chi connectivity index (χ0) is 24.6. The Labute approximate surface area is 193 Å². The number of primary amides is 1. The van der Waals surface area contributed by atoms with Crippen LogP contribution in [0.4, 0.5) is 4.79 Å². The van der Waals surface area contributed by atoms with Gasteiger partial charge in [0.05, 0.1) is 6.04 Å². The van der Waals surface area contributed by atoms with Gasteiger partial charge in [0.15, 0.2) is 0 Å². The van der Waals surface area contributed by atoms with E-state index in [-0.39, 0.29) is 19.4 Å². The maximum Gasteiger partial charge on any atom is 0.326 e. The zero-order valence-electron chi connectivity index (χ0n) is 18.8. The molecule has 3 atom stereocenters. The Bertz CT molecular complexity index is 761. The van der Waals surface area contributed by atoms with E-state index in [0.717, 1.165) is 5.56 Å². The maximum atomic E-state index is 12.8.